The van der Waals surface area contributed by atoms with Crippen molar-refractivity contribution in [1.29, 1.82) is 0 Å². The van der Waals surface area contributed by atoms with E-state index in [1.807, 2.05) is 4.90 Å². The number of nitrogens with zero attached hydrogens (tertiary/aromatic N) is 1. The maximum Gasteiger partial charge on any atom is 0.219 e. The van der Waals surface area contributed by atoms with Gasteiger partial charge in [-0.25, -0.2) is 0 Å². The lowest BCUT2D eigenvalue weighted by molar-refractivity contribution is -0.127. The van der Waals surface area contributed by atoms with Crippen LogP contribution in [-0.4, -0.2) is 23.9 Å². The van der Waals surface area contributed by atoms with E-state index in [4.69, 9.17) is 0 Å². The van der Waals surface area contributed by atoms with Crippen molar-refractivity contribution in [2.24, 2.45) is 11.3 Å². The molecule has 2 heteroatoms. The molecule has 13 heavy (non-hydrogen) atoms. The van der Waals surface area contributed by atoms with Gasteiger partial charge in [-0.2, -0.15) is 0 Å². The van der Waals surface area contributed by atoms with Crippen molar-refractivity contribution < 1.29 is 4.79 Å². The summed E-state index contributed by atoms with van der Waals surface area (Å²) in [6.07, 6.45) is 2.42. The Morgan fingerprint density at radius 1 is 1.46 bits per heavy atom. The van der Waals surface area contributed by atoms with Crippen molar-refractivity contribution in [3.05, 3.63) is 0 Å². The summed E-state index contributed by atoms with van der Waals surface area (Å²) in [7, 11) is 0. The Morgan fingerprint density at radius 3 is 2.46 bits per heavy atom. The van der Waals surface area contributed by atoms with Gasteiger partial charge in [0.1, 0.15) is 0 Å². The zero-order valence-corrected chi connectivity index (χ0v) is 9.26. The van der Waals surface area contributed by atoms with E-state index in [1.165, 1.54) is 12.8 Å². The Balaban J connectivity index is 2.38. The third-order valence-corrected chi connectivity index (χ3v) is 2.63. The van der Waals surface area contributed by atoms with Crippen LogP contribution in [0.2, 0.25) is 0 Å². The van der Waals surface area contributed by atoms with Crippen LogP contribution < -0.4 is 0 Å². The van der Waals surface area contributed by atoms with Gasteiger partial charge in [0.2, 0.25) is 5.91 Å². The van der Waals surface area contributed by atoms with Gasteiger partial charge in [0.15, 0.2) is 0 Å². The molecule has 0 aliphatic carbocycles. The molecule has 1 atom stereocenters. The lowest BCUT2D eigenvalue weighted by atomic mass is 9.84. The molecule has 0 radical (unpaired) electrons. The Labute approximate surface area is 81.3 Å². The molecule has 0 N–H and O–H groups in total. The molecule has 1 aliphatic heterocycles. The lowest BCUT2D eigenvalue weighted by Crippen LogP contribution is -2.26. The zero-order valence-electron chi connectivity index (χ0n) is 9.26. The maximum atomic E-state index is 11.1. The minimum atomic E-state index is 0.233. The second kappa shape index (κ2) is 3.69. The van der Waals surface area contributed by atoms with Crippen LogP contribution in [0.4, 0.5) is 0 Å². The number of carbonyl (C=O) groups excluding carboxylic acids is 1. The number of hydrogen-bond donors (Lipinski definition) is 0. The third kappa shape index (κ3) is 3.37. The summed E-state index contributed by atoms with van der Waals surface area (Å²) in [6.45, 7) is 10.4. The Morgan fingerprint density at radius 2 is 2.08 bits per heavy atom. The van der Waals surface area contributed by atoms with Crippen LogP contribution in [0.15, 0.2) is 0 Å². The minimum absolute atomic E-state index is 0.233. The predicted molar refractivity (Wildman–Crippen MR) is 54.4 cm³/mol. The van der Waals surface area contributed by atoms with Gasteiger partial charge in [0.25, 0.3) is 0 Å². The van der Waals surface area contributed by atoms with Crippen LogP contribution in [0.25, 0.3) is 0 Å². The van der Waals surface area contributed by atoms with Crippen LogP contribution in [-0.2, 0) is 4.79 Å². The first kappa shape index (κ1) is 10.6. The number of likely N-dealkylation sites (tertiary alicyclic amines) is 1. The molecule has 1 unspecified atom stereocenters. The van der Waals surface area contributed by atoms with Crippen molar-refractivity contribution in [1.82, 2.24) is 4.90 Å². The molecule has 1 fully saturated rings. The summed E-state index contributed by atoms with van der Waals surface area (Å²) in [6, 6.07) is 0. The van der Waals surface area contributed by atoms with Crippen molar-refractivity contribution in [3.63, 3.8) is 0 Å². The molecule has 1 aliphatic rings. The van der Waals surface area contributed by atoms with E-state index in [2.05, 4.69) is 20.8 Å². The molecule has 1 saturated heterocycles. The molecule has 1 heterocycles. The first-order valence-corrected chi connectivity index (χ1v) is 5.14. The van der Waals surface area contributed by atoms with E-state index in [0.717, 1.165) is 19.0 Å². The van der Waals surface area contributed by atoms with E-state index in [9.17, 15) is 4.79 Å². The number of carbonyl (C=O) groups is 1. The molecule has 0 saturated carbocycles. The van der Waals surface area contributed by atoms with E-state index >= 15 is 0 Å². The van der Waals surface area contributed by atoms with Gasteiger partial charge in [0.05, 0.1) is 0 Å². The van der Waals surface area contributed by atoms with Crippen LogP contribution in [0, 0.1) is 11.3 Å². The largest absolute Gasteiger partial charge is 0.343 e. The van der Waals surface area contributed by atoms with E-state index in [1.54, 1.807) is 6.92 Å². The number of hydrogen-bond acceptors (Lipinski definition) is 1. The Bertz CT molecular complexity index is 193. The topological polar surface area (TPSA) is 20.3 Å². The van der Waals surface area contributed by atoms with Gasteiger partial charge in [-0.3, -0.25) is 4.79 Å². The molecule has 1 rings (SSSR count). The highest BCUT2D eigenvalue weighted by molar-refractivity contribution is 5.73. The summed E-state index contributed by atoms with van der Waals surface area (Å²) in [5, 5.41) is 0. The maximum absolute atomic E-state index is 11.1. The van der Waals surface area contributed by atoms with Crippen molar-refractivity contribution >= 4 is 5.91 Å². The lowest BCUT2D eigenvalue weighted by Gasteiger charge is -2.22. The van der Waals surface area contributed by atoms with Gasteiger partial charge in [-0.15, -0.1) is 0 Å². The van der Waals surface area contributed by atoms with Crippen LogP contribution in [0.3, 0.4) is 0 Å². The summed E-state index contributed by atoms with van der Waals surface area (Å²) in [4.78, 5) is 13.1. The zero-order chi connectivity index (χ0) is 10.1. The number of amides is 1. The van der Waals surface area contributed by atoms with Gasteiger partial charge in [-0.1, -0.05) is 20.8 Å². The monoisotopic (exact) mass is 183 g/mol. The average Bonchev–Trinajstić information content (AvgIpc) is 2.31. The highest BCUT2D eigenvalue weighted by atomic mass is 16.2. The quantitative estimate of drug-likeness (QED) is 0.611. The Hall–Kier alpha value is -0.530. The van der Waals surface area contributed by atoms with E-state index in [-0.39, 0.29) is 5.91 Å². The first-order valence-electron chi connectivity index (χ1n) is 5.14. The summed E-state index contributed by atoms with van der Waals surface area (Å²) < 4.78 is 0. The fraction of sp³-hybridized carbons (Fsp3) is 0.909. The summed E-state index contributed by atoms with van der Waals surface area (Å²) in [5.74, 6) is 0.959. The molecule has 0 aromatic rings. The van der Waals surface area contributed by atoms with Crippen LogP contribution >= 0.6 is 0 Å². The molecular weight excluding hydrogens is 162 g/mol. The van der Waals surface area contributed by atoms with Crippen LogP contribution in [0.1, 0.15) is 40.5 Å². The number of rotatable bonds is 1. The highest BCUT2D eigenvalue weighted by Gasteiger charge is 2.27. The van der Waals surface area contributed by atoms with Crippen molar-refractivity contribution in [2.45, 2.75) is 40.5 Å². The molecular formula is C11H21NO. The van der Waals surface area contributed by atoms with Gasteiger partial charge >= 0.3 is 0 Å². The molecule has 0 bridgehead atoms. The SMILES string of the molecule is CC(=O)N1CCC(CC(C)(C)C)C1. The fourth-order valence-electron chi connectivity index (χ4n) is 2.15. The van der Waals surface area contributed by atoms with Crippen molar-refractivity contribution in [2.75, 3.05) is 13.1 Å². The molecule has 1 amide bonds. The van der Waals surface area contributed by atoms with Crippen LogP contribution in [0.5, 0.6) is 0 Å². The minimum Gasteiger partial charge on any atom is -0.343 e. The van der Waals surface area contributed by atoms with E-state index in [0.29, 0.717) is 5.41 Å². The van der Waals surface area contributed by atoms with Crippen molar-refractivity contribution in [3.8, 4) is 0 Å². The van der Waals surface area contributed by atoms with Gasteiger partial charge in [-0.05, 0) is 24.2 Å². The predicted octanol–water partition coefficient (Wildman–Crippen LogP) is 2.29. The van der Waals surface area contributed by atoms with E-state index < -0.39 is 0 Å². The fourth-order valence-corrected chi connectivity index (χ4v) is 2.15. The molecule has 0 aromatic carbocycles. The Kier molecular flexibility index (Phi) is 2.99. The molecule has 0 spiro atoms. The molecule has 76 valence electrons. The smallest absolute Gasteiger partial charge is 0.219 e. The first-order chi connectivity index (χ1) is 5.88. The molecule has 0 aromatic heterocycles. The summed E-state index contributed by atoms with van der Waals surface area (Å²) >= 11 is 0. The second-order valence-corrected chi connectivity index (χ2v) is 5.38. The standard InChI is InChI=1S/C11H21NO/c1-9(13)12-6-5-10(8-12)7-11(2,3)4/h10H,5-8H2,1-4H3. The average molecular weight is 183 g/mol. The normalized spacial score (nSPS) is 23.7. The second-order valence-electron chi connectivity index (χ2n) is 5.38. The molecule has 2 nitrogen and oxygen atoms in total. The highest BCUT2D eigenvalue weighted by Crippen LogP contribution is 2.30. The van der Waals surface area contributed by atoms with Gasteiger partial charge in [0, 0.05) is 20.0 Å². The van der Waals surface area contributed by atoms with Gasteiger partial charge < -0.3 is 4.90 Å². The third-order valence-electron chi connectivity index (χ3n) is 2.63. The summed E-state index contributed by atoms with van der Waals surface area (Å²) in [5.41, 5.74) is 0.400.